The third-order valence-electron chi connectivity index (χ3n) is 6.66. The molecule has 1 atom stereocenters. The lowest BCUT2D eigenvalue weighted by Gasteiger charge is -2.33. The van der Waals surface area contributed by atoms with E-state index in [9.17, 15) is 13.2 Å². The Hall–Kier alpha value is -3.85. The molecule has 0 spiro atoms. The Morgan fingerprint density at radius 1 is 1.09 bits per heavy atom. The van der Waals surface area contributed by atoms with Crippen molar-refractivity contribution in [1.29, 1.82) is 0 Å². The van der Waals surface area contributed by atoms with Crippen molar-refractivity contribution in [1.82, 2.24) is 4.90 Å². The molecule has 0 aliphatic carbocycles. The molecule has 1 aromatic heterocycles. The Balaban J connectivity index is 1.26. The summed E-state index contributed by atoms with van der Waals surface area (Å²) in [6.07, 6.45) is 1.44. The zero-order valence-electron chi connectivity index (χ0n) is 19.0. The first-order valence-corrected chi connectivity index (χ1v) is 12.9. The van der Waals surface area contributed by atoms with Gasteiger partial charge in [0.15, 0.2) is 5.84 Å². The Morgan fingerprint density at radius 3 is 2.74 bits per heavy atom. The summed E-state index contributed by atoms with van der Waals surface area (Å²) >= 11 is 0. The van der Waals surface area contributed by atoms with Crippen molar-refractivity contribution in [3.63, 3.8) is 0 Å². The molecule has 1 N–H and O–H groups in total. The number of likely N-dealkylation sites (tertiary alicyclic amines) is 1. The van der Waals surface area contributed by atoms with Gasteiger partial charge in [-0.05, 0) is 37.1 Å². The zero-order chi connectivity index (χ0) is 24.2. The van der Waals surface area contributed by atoms with E-state index in [1.54, 1.807) is 37.4 Å². The monoisotopic (exact) mass is 489 g/mol. The fourth-order valence-corrected chi connectivity index (χ4v) is 6.18. The molecule has 35 heavy (non-hydrogen) atoms. The molecule has 1 saturated heterocycles. The summed E-state index contributed by atoms with van der Waals surface area (Å²) in [4.78, 5) is 15.4. The molecular formula is C26H23N3O5S. The van der Waals surface area contributed by atoms with Gasteiger partial charge in [-0.25, -0.2) is 0 Å². The Morgan fingerprint density at radius 2 is 1.89 bits per heavy atom. The van der Waals surface area contributed by atoms with Crippen LogP contribution in [0.15, 0.2) is 74.4 Å². The summed E-state index contributed by atoms with van der Waals surface area (Å²) in [6.45, 7) is 1.02. The summed E-state index contributed by atoms with van der Waals surface area (Å²) in [5.41, 5.74) is 2.55. The van der Waals surface area contributed by atoms with E-state index in [1.165, 1.54) is 0 Å². The number of furan rings is 1. The number of carbonyl (C=O) groups is 1. The molecule has 0 radical (unpaired) electrons. The highest BCUT2D eigenvalue weighted by Gasteiger charge is 2.35. The van der Waals surface area contributed by atoms with Gasteiger partial charge in [0.1, 0.15) is 21.8 Å². The second kappa shape index (κ2) is 8.13. The second-order valence-corrected chi connectivity index (χ2v) is 10.4. The molecule has 1 unspecified atom stereocenters. The van der Waals surface area contributed by atoms with Crippen LogP contribution in [0.3, 0.4) is 0 Å². The maximum atomic E-state index is 13.3. The number of rotatable bonds is 3. The number of sulfonamides is 1. The molecule has 178 valence electrons. The number of nitrogens with zero attached hydrogens (tertiary/aromatic N) is 2. The molecule has 0 saturated carbocycles. The van der Waals surface area contributed by atoms with Gasteiger partial charge in [0.05, 0.1) is 18.7 Å². The predicted molar refractivity (Wildman–Crippen MR) is 133 cm³/mol. The van der Waals surface area contributed by atoms with Crippen LogP contribution < -0.4 is 10.1 Å². The standard InChI is InChI=1S/C26H23N3O5S/c1-33-23-13-19-17-8-2-4-10-21(17)34-22(19)14-20(23)27-26(30)16-7-6-12-29(15-16)25-18-9-3-5-11-24(18)35(31,32)28-25/h2-5,8-11,13-14,16H,6-7,12,15H2,1H3,(H,27,30). The highest BCUT2D eigenvalue weighted by Crippen LogP contribution is 2.37. The fraction of sp³-hybridized carbons (Fsp3) is 0.231. The minimum absolute atomic E-state index is 0.154. The van der Waals surface area contributed by atoms with Crippen LogP contribution in [0.4, 0.5) is 5.69 Å². The van der Waals surface area contributed by atoms with Crippen molar-refractivity contribution in [2.45, 2.75) is 17.7 Å². The number of nitrogens with one attached hydrogen (secondary N) is 1. The molecule has 9 heteroatoms. The van der Waals surface area contributed by atoms with Crippen molar-refractivity contribution >= 4 is 49.4 Å². The lowest BCUT2D eigenvalue weighted by atomic mass is 9.96. The number of ether oxygens (including phenoxy) is 1. The number of fused-ring (bicyclic) bond motifs is 4. The van der Waals surface area contributed by atoms with Crippen LogP contribution in [0, 0.1) is 5.92 Å². The molecule has 2 aliphatic heterocycles. The second-order valence-electron chi connectivity index (χ2n) is 8.81. The summed E-state index contributed by atoms with van der Waals surface area (Å²) in [7, 11) is -2.15. The van der Waals surface area contributed by atoms with Crippen molar-refractivity contribution < 1.29 is 22.4 Å². The number of carbonyl (C=O) groups excluding carboxylic acids is 1. The number of piperidine rings is 1. The lowest BCUT2D eigenvalue weighted by Crippen LogP contribution is -2.43. The van der Waals surface area contributed by atoms with Gasteiger partial charge >= 0.3 is 0 Å². The molecular weight excluding hydrogens is 466 g/mol. The molecule has 3 aromatic carbocycles. The number of hydrogen-bond donors (Lipinski definition) is 1. The summed E-state index contributed by atoms with van der Waals surface area (Å²) in [5.74, 6) is 0.473. The van der Waals surface area contributed by atoms with Gasteiger partial charge in [-0.15, -0.1) is 4.40 Å². The van der Waals surface area contributed by atoms with Crippen LogP contribution >= 0.6 is 0 Å². The summed E-state index contributed by atoms with van der Waals surface area (Å²) in [5, 5.41) is 4.90. The van der Waals surface area contributed by atoms with Gasteiger partial charge in [-0.3, -0.25) is 4.79 Å². The van der Waals surface area contributed by atoms with E-state index in [1.807, 2.05) is 35.2 Å². The summed E-state index contributed by atoms with van der Waals surface area (Å²) < 4.78 is 40.5. The largest absolute Gasteiger partial charge is 0.495 e. The number of anilines is 1. The highest BCUT2D eigenvalue weighted by molar-refractivity contribution is 7.90. The number of amidine groups is 1. The van der Waals surface area contributed by atoms with E-state index >= 15 is 0 Å². The number of para-hydroxylation sites is 1. The number of methoxy groups -OCH3 is 1. The molecule has 3 heterocycles. The SMILES string of the molecule is COc1cc2c(cc1NC(=O)C1CCCN(C3=NS(=O)(=O)c4ccccc43)C1)oc1ccccc12. The van der Waals surface area contributed by atoms with E-state index in [4.69, 9.17) is 9.15 Å². The van der Waals surface area contributed by atoms with E-state index < -0.39 is 10.0 Å². The number of hydrogen-bond acceptors (Lipinski definition) is 6. The van der Waals surface area contributed by atoms with Crippen LogP contribution in [-0.4, -0.2) is 45.3 Å². The van der Waals surface area contributed by atoms with Crippen molar-refractivity contribution in [2.24, 2.45) is 10.3 Å². The van der Waals surface area contributed by atoms with Gasteiger partial charge in [-0.1, -0.05) is 30.3 Å². The van der Waals surface area contributed by atoms with Crippen LogP contribution in [0.5, 0.6) is 5.75 Å². The predicted octanol–water partition coefficient (Wildman–Crippen LogP) is 4.39. The molecule has 1 fully saturated rings. The van der Waals surface area contributed by atoms with Crippen LogP contribution in [-0.2, 0) is 14.8 Å². The molecule has 4 aromatic rings. The Kier molecular flexibility index (Phi) is 5.03. The first kappa shape index (κ1) is 21.7. The van der Waals surface area contributed by atoms with Gasteiger partial charge in [0.25, 0.3) is 10.0 Å². The normalized spacial score (nSPS) is 18.9. The lowest BCUT2D eigenvalue weighted by molar-refractivity contribution is -0.121. The minimum Gasteiger partial charge on any atom is -0.495 e. The first-order chi connectivity index (χ1) is 16.9. The van der Waals surface area contributed by atoms with Gasteiger partial charge in [0.2, 0.25) is 5.91 Å². The van der Waals surface area contributed by atoms with Gasteiger partial charge in [0, 0.05) is 35.5 Å². The van der Waals surface area contributed by atoms with E-state index in [0.717, 1.165) is 22.8 Å². The van der Waals surface area contributed by atoms with E-state index in [-0.39, 0.29) is 16.7 Å². The van der Waals surface area contributed by atoms with E-state index in [0.29, 0.717) is 47.9 Å². The molecule has 8 nitrogen and oxygen atoms in total. The first-order valence-electron chi connectivity index (χ1n) is 11.4. The highest BCUT2D eigenvalue weighted by atomic mass is 32.2. The quantitative estimate of drug-likeness (QED) is 0.458. The average Bonchev–Trinajstić information content (AvgIpc) is 3.37. The van der Waals surface area contributed by atoms with Crippen LogP contribution in [0.1, 0.15) is 18.4 Å². The van der Waals surface area contributed by atoms with Crippen molar-refractivity contribution in [3.05, 3.63) is 66.2 Å². The molecule has 6 rings (SSSR count). The average molecular weight is 490 g/mol. The zero-order valence-corrected chi connectivity index (χ0v) is 19.8. The van der Waals surface area contributed by atoms with Crippen molar-refractivity contribution in [2.75, 3.05) is 25.5 Å². The third kappa shape index (κ3) is 3.63. The molecule has 2 aliphatic rings. The van der Waals surface area contributed by atoms with Crippen molar-refractivity contribution in [3.8, 4) is 5.75 Å². The minimum atomic E-state index is -3.71. The smallest absolute Gasteiger partial charge is 0.285 e. The topological polar surface area (TPSA) is 101 Å². The summed E-state index contributed by atoms with van der Waals surface area (Å²) in [6, 6.07) is 18.2. The Bertz CT molecular complexity index is 1620. The third-order valence-corrected chi connectivity index (χ3v) is 7.99. The van der Waals surface area contributed by atoms with Gasteiger partial charge < -0.3 is 19.4 Å². The van der Waals surface area contributed by atoms with Crippen LogP contribution in [0.25, 0.3) is 21.9 Å². The van der Waals surface area contributed by atoms with Crippen LogP contribution in [0.2, 0.25) is 0 Å². The Labute approximate surface area is 202 Å². The van der Waals surface area contributed by atoms with Gasteiger partial charge in [-0.2, -0.15) is 8.42 Å². The van der Waals surface area contributed by atoms with E-state index in [2.05, 4.69) is 9.71 Å². The maximum absolute atomic E-state index is 13.3. The molecule has 0 bridgehead atoms. The molecule has 1 amide bonds. The fourth-order valence-electron chi connectivity index (χ4n) is 4.95. The number of benzene rings is 3. The maximum Gasteiger partial charge on any atom is 0.285 e. The number of amides is 1.